The second-order valence-electron chi connectivity index (χ2n) is 9.58. The van der Waals surface area contributed by atoms with Gasteiger partial charge in [0.15, 0.2) is 17.2 Å². The first-order chi connectivity index (χ1) is 13.2. The average molecular weight is 496 g/mol. The van der Waals surface area contributed by atoms with Crippen LogP contribution in [0, 0.1) is 28.6 Å². The van der Waals surface area contributed by atoms with E-state index in [4.69, 9.17) is 4.74 Å². The van der Waals surface area contributed by atoms with Crippen LogP contribution >= 0.6 is 22.6 Å². The van der Waals surface area contributed by atoms with Crippen LogP contribution in [0.3, 0.4) is 0 Å². The van der Waals surface area contributed by atoms with E-state index in [1.165, 1.54) is 12.5 Å². The second kappa shape index (κ2) is 6.78. The Balaban J connectivity index is 1.71. The number of ether oxygens (including phenoxy) is 1. The van der Waals surface area contributed by atoms with Crippen molar-refractivity contribution in [2.75, 3.05) is 4.43 Å². The van der Waals surface area contributed by atoms with Crippen LogP contribution in [0.2, 0.25) is 0 Å². The lowest BCUT2D eigenvalue weighted by atomic mass is 9.47. The highest BCUT2D eigenvalue weighted by Gasteiger charge is 2.68. The molecular formula is C23H29IO4. The summed E-state index contributed by atoms with van der Waals surface area (Å²) in [4.78, 5) is 36.9. The third-order valence-corrected chi connectivity index (χ3v) is 9.26. The second-order valence-corrected chi connectivity index (χ2v) is 10.3. The van der Waals surface area contributed by atoms with Gasteiger partial charge in [-0.05, 0) is 68.4 Å². The van der Waals surface area contributed by atoms with Gasteiger partial charge < -0.3 is 4.74 Å². The van der Waals surface area contributed by atoms with Gasteiger partial charge in [0.25, 0.3) is 0 Å². The zero-order valence-electron chi connectivity index (χ0n) is 16.9. The molecule has 0 bridgehead atoms. The Morgan fingerprint density at radius 1 is 1.18 bits per heavy atom. The predicted octanol–water partition coefficient (Wildman–Crippen LogP) is 4.60. The van der Waals surface area contributed by atoms with Crippen LogP contribution in [-0.2, 0) is 19.1 Å². The van der Waals surface area contributed by atoms with Gasteiger partial charge in [-0.15, -0.1) is 0 Å². The molecule has 0 radical (unpaired) electrons. The molecule has 28 heavy (non-hydrogen) atoms. The zero-order valence-corrected chi connectivity index (χ0v) is 19.1. The molecule has 0 unspecified atom stereocenters. The van der Waals surface area contributed by atoms with Gasteiger partial charge in [-0.1, -0.05) is 48.1 Å². The number of hydrogen-bond acceptors (Lipinski definition) is 4. The molecule has 4 aliphatic carbocycles. The number of halogens is 1. The third-order valence-electron chi connectivity index (χ3n) is 8.57. The molecule has 0 heterocycles. The number of Topliss-reactive ketones (excluding diaryl/α,β-unsaturated/α-hetero) is 1. The summed E-state index contributed by atoms with van der Waals surface area (Å²) in [6.45, 7) is 5.90. The minimum atomic E-state index is -0.967. The van der Waals surface area contributed by atoms with Crippen LogP contribution in [0.5, 0.6) is 0 Å². The molecule has 5 heteroatoms. The normalized spacial score (nSPS) is 44.2. The van der Waals surface area contributed by atoms with E-state index in [0.717, 1.165) is 32.1 Å². The Bertz CT molecular complexity index is 798. The van der Waals surface area contributed by atoms with Crippen molar-refractivity contribution < 1.29 is 19.1 Å². The fraction of sp³-hybridized carbons (Fsp3) is 0.696. The first-order valence-corrected chi connectivity index (χ1v) is 11.9. The Labute approximate surface area is 180 Å². The number of fused-ring (bicyclic) bond motifs is 5. The highest BCUT2D eigenvalue weighted by molar-refractivity contribution is 14.1. The van der Waals surface area contributed by atoms with E-state index < -0.39 is 5.60 Å². The van der Waals surface area contributed by atoms with Gasteiger partial charge in [-0.25, -0.2) is 0 Å². The molecule has 0 spiro atoms. The van der Waals surface area contributed by atoms with Crippen LogP contribution in [0.4, 0.5) is 0 Å². The van der Waals surface area contributed by atoms with E-state index in [1.807, 2.05) is 6.08 Å². The number of esters is 1. The van der Waals surface area contributed by atoms with Crippen molar-refractivity contribution in [1.82, 2.24) is 0 Å². The topological polar surface area (TPSA) is 60.4 Å². The van der Waals surface area contributed by atoms with Gasteiger partial charge in [-0.3, -0.25) is 14.4 Å². The maximum atomic E-state index is 13.1. The molecule has 4 nitrogen and oxygen atoms in total. The van der Waals surface area contributed by atoms with E-state index in [1.54, 1.807) is 6.08 Å². The lowest BCUT2D eigenvalue weighted by Gasteiger charge is -2.58. The number of alkyl halides is 1. The van der Waals surface area contributed by atoms with Crippen LogP contribution in [0.25, 0.3) is 0 Å². The zero-order chi connectivity index (χ0) is 20.3. The molecule has 0 aromatic rings. The number of carbonyl (C=O) groups excluding carboxylic acids is 3. The summed E-state index contributed by atoms with van der Waals surface area (Å²) in [5, 5.41) is 0. The first kappa shape index (κ1) is 20.3. The summed E-state index contributed by atoms with van der Waals surface area (Å²) in [6.07, 6.45) is 11.2. The van der Waals surface area contributed by atoms with E-state index in [0.29, 0.717) is 28.6 Å². The molecule has 0 amide bonds. The maximum Gasteiger partial charge on any atom is 0.303 e. The summed E-state index contributed by atoms with van der Waals surface area (Å²) >= 11 is 2.11. The third kappa shape index (κ3) is 2.63. The molecule has 4 rings (SSSR count). The molecule has 0 aromatic heterocycles. The van der Waals surface area contributed by atoms with Crippen LogP contribution in [0.1, 0.15) is 59.3 Å². The summed E-state index contributed by atoms with van der Waals surface area (Å²) in [7, 11) is 0. The standard InChI is InChI=1S/C23H29IO4/c1-14(25)28-23(20(27)13-24)11-8-19-17-5-4-15-12-16(26)6-9-21(15,2)18(17)7-10-22(19,23)3/h6,9,12,17-19H,4-5,7-8,10-11,13H2,1-3H3/t17-,18+,19+,21+,22+,23+/m1/s1. The van der Waals surface area contributed by atoms with E-state index in [-0.39, 0.29) is 28.4 Å². The molecule has 0 saturated heterocycles. The quantitative estimate of drug-likeness (QED) is 0.326. The Kier molecular flexibility index (Phi) is 4.91. The Morgan fingerprint density at radius 2 is 1.89 bits per heavy atom. The molecule has 6 atom stereocenters. The summed E-state index contributed by atoms with van der Waals surface area (Å²) in [5.41, 5.74) is -0.0470. The smallest absolute Gasteiger partial charge is 0.303 e. The highest BCUT2D eigenvalue weighted by atomic mass is 127. The van der Waals surface area contributed by atoms with Crippen LogP contribution in [0.15, 0.2) is 23.8 Å². The van der Waals surface area contributed by atoms with Crippen molar-refractivity contribution in [2.45, 2.75) is 64.9 Å². The Hall–Kier alpha value is -0.980. The number of allylic oxidation sites excluding steroid dienone is 4. The SMILES string of the molecule is CC(=O)O[C@]1(C(=O)CI)CC[C@H]2[C@@H]3CCC4=CC(=O)C=C[C@]4(C)[C@H]3CC[C@@]21C. The molecule has 3 fully saturated rings. The molecule has 152 valence electrons. The van der Waals surface area contributed by atoms with Gasteiger partial charge >= 0.3 is 5.97 Å². The van der Waals surface area contributed by atoms with E-state index in [9.17, 15) is 14.4 Å². The molecule has 0 N–H and O–H groups in total. The van der Waals surface area contributed by atoms with Gasteiger partial charge in [0, 0.05) is 17.8 Å². The van der Waals surface area contributed by atoms with Crippen LogP contribution < -0.4 is 0 Å². The average Bonchev–Trinajstić information content (AvgIpc) is 2.94. The van der Waals surface area contributed by atoms with Crippen molar-refractivity contribution in [3.63, 3.8) is 0 Å². The van der Waals surface area contributed by atoms with Gasteiger partial charge in [-0.2, -0.15) is 0 Å². The highest BCUT2D eigenvalue weighted by Crippen LogP contribution is 2.67. The van der Waals surface area contributed by atoms with Gasteiger partial charge in [0.1, 0.15) is 0 Å². The first-order valence-electron chi connectivity index (χ1n) is 10.4. The van der Waals surface area contributed by atoms with Crippen molar-refractivity contribution in [1.29, 1.82) is 0 Å². The van der Waals surface area contributed by atoms with Crippen molar-refractivity contribution >= 4 is 40.1 Å². The number of carbonyl (C=O) groups is 3. The molecule has 0 aromatic carbocycles. The van der Waals surface area contributed by atoms with Crippen molar-refractivity contribution in [2.24, 2.45) is 28.6 Å². The number of hydrogen-bond donors (Lipinski definition) is 0. The molecular weight excluding hydrogens is 467 g/mol. The van der Waals surface area contributed by atoms with Gasteiger partial charge in [0.05, 0.1) is 4.43 Å². The molecule has 0 aliphatic heterocycles. The van der Waals surface area contributed by atoms with Crippen molar-refractivity contribution in [3.05, 3.63) is 23.8 Å². The summed E-state index contributed by atoms with van der Waals surface area (Å²) < 4.78 is 6.26. The van der Waals surface area contributed by atoms with Gasteiger partial charge in [0.2, 0.25) is 0 Å². The van der Waals surface area contributed by atoms with Crippen molar-refractivity contribution in [3.8, 4) is 0 Å². The fourth-order valence-electron chi connectivity index (χ4n) is 7.23. The van der Waals surface area contributed by atoms with E-state index in [2.05, 4.69) is 42.5 Å². The number of rotatable bonds is 3. The Morgan fingerprint density at radius 3 is 2.57 bits per heavy atom. The molecule has 4 aliphatic rings. The number of ketones is 2. The lowest BCUT2D eigenvalue weighted by Crippen LogP contribution is -2.59. The molecule has 3 saturated carbocycles. The lowest BCUT2D eigenvalue weighted by molar-refractivity contribution is -0.186. The summed E-state index contributed by atoms with van der Waals surface area (Å²) in [5.74, 6) is 1.18. The van der Waals surface area contributed by atoms with E-state index >= 15 is 0 Å². The predicted molar refractivity (Wildman–Crippen MR) is 115 cm³/mol. The minimum absolute atomic E-state index is 0.0574. The monoisotopic (exact) mass is 496 g/mol. The fourth-order valence-corrected chi connectivity index (χ4v) is 7.85. The summed E-state index contributed by atoms with van der Waals surface area (Å²) in [6, 6.07) is 0. The largest absolute Gasteiger partial charge is 0.451 e. The van der Waals surface area contributed by atoms with Crippen LogP contribution in [-0.4, -0.2) is 27.6 Å². The minimum Gasteiger partial charge on any atom is -0.451 e. The maximum absolute atomic E-state index is 13.1.